The van der Waals surface area contributed by atoms with Crippen LogP contribution in [0, 0.1) is 0 Å². The highest BCUT2D eigenvalue weighted by molar-refractivity contribution is 6.14. The van der Waals surface area contributed by atoms with Crippen LogP contribution in [0.2, 0.25) is 0 Å². The third kappa shape index (κ3) is 7.21. The summed E-state index contributed by atoms with van der Waals surface area (Å²) in [6, 6.07) is 27.0. The fourth-order valence-electron chi connectivity index (χ4n) is 7.18. The minimum absolute atomic E-state index is 0.0121. The van der Waals surface area contributed by atoms with Crippen LogP contribution in [0.4, 0.5) is 0 Å². The van der Waals surface area contributed by atoms with E-state index >= 15 is 0 Å². The third-order valence-corrected chi connectivity index (χ3v) is 10.2. The van der Waals surface area contributed by atoms with Gasteiger partial charge in [-0.05, 0) is 66.3 Å². The highest BCUT2D eigenvalue weighted by Gasteiger charge is 2.30. The Kier molecular flexibility index (Phi) is 9.57. The number of rotatable bonds is 6. The highest BCUT2D eigenvalue weighted by Crippen LogP contribution is 2.55. The zero-order valence-corrected chi connectivity index (χ0v) is 32.8. The van der Waals surface area contributed by atoms with Crippen LogP contribution < -0.4 is 0 Å². The van der Waals surface area contributed by atoms with Gasteiger partial charge in [-0.2, -0.15) is 0 Å². The molecule has 4 aromatic carbocycles. The van der Waals surface area contributed by atoms with Crippen LogP contribution in [0.25, 0.3) is 66.8 Å². The van der Waals surface area contributed by atoms with Crippen LogP contribution in [0.15, 0.2) is 129 Å². The van der Waals surface area contributed by atoms with E-state index in [2.05, 4.69) is 165 Å². The van der Waals surface area contributed by atoms with E-state index in [9.17, 15) is 0 Å². The molecule has 6 nitrogen and oxygen atoms in total. The summed E-state index contributed by atoms with van der Waals surface area (Å²) in [5.41, 5.74) is 15.8. The molecule has 6 heteroatoms. The first-order chi connectivity index (χ1) is 25.7. The second-order valence-electron chi connectivity index (χ2n) is 17.1. The lowest BCUT2D eigenvalue weighted by molar-refractivity contribution is 0.590. The van der Waals surface area contributed by atoms with Crippen molar-refractivity contribution in [3.8, 4) is 66.8 Å². The summed E-state index contributed by atoms with van der Waals surface area (Å²) in [7, 11) is 0. The number of aromatic nitrogens is 6. The number of hydrogen-bond donors (Lipinski definition) is 0. The van der Waals surface area contributed by atoms with Gasteiger partial charge >= 0.3 is 0 Å². The predicted molar refractivity (Wildman–Crippen MR) is 222 cm³/mol. The molecule has 3 heterocycles. The van der Waals surface area contributed by atoms with E-state index < -0.39 is 0 Å². The minimum atomic E-state index is -0.0121. The molecule has 7 aromatic rings. The maximum Gasteiger partial charge on any atom is 0.115 e. The molecule has 0 radical (unpaired) electrons. The molecular formula is C48H48N6. The van der Waals surface area contributed by atoms with E-state index in [1.807, 2.05) is 37.2 Å². The lowest BCUT2D eigenvalue weighted by Gasteiger charge is -2.29. The first-order valence-corrected chi connectivity index (χ1v) is 18.5. The summed E-state index contributed by atoms with van der Waals surface area (Å²) >= 11 is 0. The van der Waals surface area contributed by atoms with Crippen molar-refractivity contribution in [1.29, 1.82) is 0 Å². The molecule has 0 bridgehead atoms. The Balaban J connectivity index is 1.75. The predicted octanol–water partition coefficient (Wildman–Crippen LogP) is 12.0. The summed E-state index contributed by atoms with van der Waals surface area (Å²) < 4.78 is 0. The van der Waals surface area contributed by atoms with Crippen molar-refractivity contribution < 1.29 is 0 Å². The molecule has 0 spiro atoms. The second-order valence-corrected chi connectivity index (χ2v) is 17.1. The van der Waals surface area contributed by atoms with Crippen molar-refractivity contribution in [2.24, 2.45) is 0 Å². The van der Waals surface area contributed by atoms with E-state index in [1.54, 1.807) is 19.0 Å². The molecule has 0 aliphatic rings. The normalized spacial score (nSPS) is 12.2. The molecule has 0 aliphatic carbocycles. The van der Waals surface area contributed by atoms with Gasteiger partial charge in [0.15, 0.2) is 0 Å². The topological polar surface area (TPSA) is 77.3 Å². The van der Waals surface area contributed by atoms with Gasteiger partial charge in [0, 0.05) is 70.6 Å². The largest absolute Gasteiger partial charge is 0.244 e. The van der Waals surface area contributed by atoms with Gasteiger partial charge in [0.2, 0.25) is 0 Å². The van der Waals surface area contributed by atoms with Crippen molar-refractivity contribution in [1.82, 2.24) is 29.9 Å². The van der Waals surface area contributed by atoms with Crippen LogP contribution in [0.1, 0.15) is 79.0 Å². The molecule has 0 unspecified atom stereocenters. The molecule has 0 amide bonds. The molecule has 0 atom stereocenters. The van der Waals surface area contributed by atoms with Crippen molar-refractivity contribution in [3.05, 3.63) is 146 Å². The smallest absolute Gasteiger partial charge is 0.115 e. The molecule has 0 saturated carbocycles. The molecule has 7 rings (SSSR count). The van der Waals surface area contributed by atoms with E-state index in [1.165, 1.54) is 16.7 Å². The summed E-state index contributed by atoms with van der Waals surface area (Å²) in [5, 5.41) is 0. The van der Waals surface area contributed by atoms with Gasteiger partial charge in [-0.1, -0.05) is 135 Å². The summed E-state index contributed by atoms with van der Waals surface area (Å²) in [4.78, 5) is 27.5. The highest BCUT2D eigenvalue weighted by atomic mass is 14.8. The third-order valence-electron chi connectivity index (χ3n) is 10.2. The molecule has 0 fully saturated rings. The summed E-state index contributed by atoms with van der Waals surface area (Å²) in [6.07, 6.45) is 16.2. The minimum Gasteiger partial charge on any atom is -0.244 e. The monoisotopic (exact) mass is 708 g/mol. The zero-order valence-electron chi connectivity index (χ0n) is 32.8. The molecule has 270 valence electrons. The standard InChI is InChI=1S/C48H48N6/c1-46(2,3)37-16-10-31(11-17-37)40-43(34-22-49-28-50-23-34)41(32-12-18-38(19-13-32)47(4,5)6)45(36-26-53-30-54-27-36)42(44(40)35-24-51-29-52-25-35)33-14-20-39(21-15-33)48(7,8)9/h10-30H,1-9H3. The van der Waals surface area contributed by atoms with Crippen molar-refractivity contribution in [2.75, 3.05) is 0 Å². The Bertz CT molecular complexity index is 2070. The Morgan fingerprint density at radius 3 is 0.630 bits per heavy atom. The molecule has 3 aromatic heterocycles. The zero-order chi connectivity index (χ0) is 38.3. The van der Waals surface area contributed by atoms with E-state index in [0.717, 1.165) is 66.8 Å². The van der Waals surface area contributed by atoms with Gasteiger partial charge in [-0.15, -0.1) is 0 Å². The Morgan fingerprint density at radius 2 is 0.444 bits per heavy atom. The molecule has 0 saturated heterocycles. The van der Waals surface area contributed by atoms with Gasteiger partial charge < -0.3 is 0 Å². The van der Waals surface area contributed by atoms with Crippen LogP contribution in [0.5, 0.6) is 0 Å². The van der Waals surface area contributed by atoms with Crippen LogP contribution >= 0.6 is 0 Å². The second kappa shape index (κ2) is 14.2. The maximum atomic E-state index is 4.58. The number of benzene rings is 4. The average Bonchev–Trinajstić information content (AvgIpc) is 3.17. The first-order valence-electron chi connectivity index (χ1n) is 18.5. The van der Waals surface area contributed by atoms with Gasteiger partial charge in [-0.3, -0.25) is 0 Å². The quantitative estimate of drug-likeness (QED) is 0.171. The Labute approximate surface area is 319 Å². The van der Waals surface area contributed by atoms with Gasteiger partial charge in [0.05, 0.1) is 0 Å². The van der Waals surface area contributed by atoms with E-state index in [0.29, 0.717) is 0 Å². The Hall–Kier alpha value is -5.88. The number of nitrogens with zero attached hydrogens (tertiary/aromatic N) is 6. The van der Waals surface area contributed by atoms with Crippen LogP contribution in [-0.4, -0.2) is 29.9 Å². The lowest BCUT2D eigenvalue weighted by atomic mass is 9.74. The van der Waals surface area contributed by atoms with Crippen LogP contribution in [0.3, 0.4) is 0 Å². The summed E-state index contributed by atoms with van der Waals surface area (Å²) in [6.45, 7) is 20.2. The first kappa shape index (κ1) is 36.5. The lowest BCUT2D eigenvalue weighted by Crippen LogP contribution is -2.11. The van der Waals surface area contributed by atoms with Crippen LogP contribution in [-0.2, 0) is 16.2 Å². The van der Waals surface area contributed by atoms with Crippen molar-refractivity contribution in [3.63, 3.8) is 0 Å². The average molecular weight is 709 g/mol. The summed E-state index contributed by atoms with van der Waals surface area (Å²) in [5.74, 6) is 0. The van der Waals surface area contributed by atoms with Gasteiger partial charge in [0.1, 0.15) is 19.0 Å². The molecular weight excluding hydrogens is 661 g/mol. The molecule has 0 aliphatic heterocycles. The van der Waals surface area contributed by atoms with E-state index in [4.69, 9.17) is 0 Å². The fourth-order valence-corrected chi connectivity index (χ4v) is 7.18. The fraction of sp³-hybridized carbons (Fsp3) is 0.250. The van der Waals surface area contributed by atoms with Gasteiger partial charge in [-0.25, -0.2) is 29.9 Å². The number of hydrogen-bond acceptors (Lipinski definition) is 6. The van der Waals surface area contributed by atoms with Crippen molar-refractivity contribution >= 4 is 0 Å². The van der Waals surface area contributed by atoms with Gasteiger partial charge in [0.25, 0.3) is 0 Å². The van der Waals surface area contributed by atoms with E-state index in [-0.39, 0.29) is 16.2 Å². The molecule has 54 heavy (non-hydrogen) atoms. The SMILES string of the molecule is CC(C)(C)c1ccc(-c2c(-c3cncnc3)c(-c3ccc(C(C)(C)C)cc3)c(-c3cncnc3)c(-c3ccc(C(C)(C)C)cc3)c2-c2cncnc2)cc1. The Morgan fingerprint density at radius 1 is 0.259 bits per heavy atom. The van der Waals surface area contributed by atoms with Crippen molar-refractivity contribution in [2.45, 2.75) is 78.6 Å². The molecule has 0 N–H and O–H groups in total. The maximum absolute atomic E-state index is 4.58.